The molecule has 0 saturated carbocycles. The lowest BCUT2D eigenvalue weighted by atomic mass is 10.1. The molecule has 0 radical (unpaired) electrons. The van der Waals surface area contributed by atoms with E-state index in [1.54, 1.807) is 35.2 Å². The van der Waals surface area contributed by atoms with Gasteiger partial charge in [-0.1, -0.05) is 12.1 Å². The van der Waals surface area contributed by atoms with Crippen LogP contribution in [0.1, 0.15) is 28.8 Å². The number of carbonyl (C=O) groups is 1. The van der Waals surface area contributed by atoms with Gasteiger partial charge >= 0.3 is 0 Å². The first-order valence-corrected chi connectivity index (χ1v) is 13.1. The standard InChI is InChI=1S/C24H29N3O6S/c28-24(27-10-8-26(9-11-27)16-20-4-2-12-31-20)19-3-1-5-21(14-19)34(29,30)25-15-18-6-7-22-23(13-18)33-17-32-22/h1,3,5-7,13-14,20,25H,2,4,8-12,15-17H2/t20-/m1/s1. The normalized spacial score (nSPS) is 20.6. The van der Waals surface area contributed by atoms with Crippen LogP contribution in [0.2, 0.25) is 0 Å². The fourth-order valence-corrected chi connectivity index (χ4v) is 5.56. The number of sulfonamides is 1. The smallest absolute Gasteiger partial charge is 0.253 e. The Morgan fingerprint density at radius 2 is 1.85 bits per heavy atom. The van der Waals surface area contributed by atoms with E-state index >= 15 is 0 Å². The monoisotopic (exact) mass is 487 g/mol. The van der Waals surface area contributed by atoms with Gasteiger partial charge < -0.3 is 19.1 Å². The Bertz CT molecular complexity index is 1140. The lowest BCUT2D eigenvalue weighted by Gasteiger charge is -2.35. The van der Waals surface area contributed by atoms with Crippen LogP contribution in [0.4, 0.5) is 0 Å². The van der Waals surface area contributed by atoms with Gasteiger partial charge in [0.25, 0.3) is 5.91 Å². The Kier molecular flexibility index (Phi) is 6.73. The fourth-order valence-electron chi connectivity index (χ4n) is 4.50. The predicted molar refractivity (Wildman–Crippen MR) is 124 cm³/mol. The van der Waals surface area contributed by atoms with Crippen LogP contribution in [0.25, 0.3) is 0 Å². The molecule has 1 N–H and O–H groups in total. The van der Waals surface area contributed by atoms with E-state index in [2.05, 4.69) is 9.62 Å². The van der Waals surface area contributed by atoms with Crippen molar-refractivity contribution < 1.29 is 27.4 Å². The van der Waals surface area contributed by atoms with E-state index in [-0.39, 0.29) is 24.1 Å². The average molecular weight is 488 g/mol. The number of benzene rings is 2. The molecule has 2 aromatic carbocycles. The number of carbonyl (C=O) groups excluding carboxylic acids is 1. The van der Waals surface area contributed by atoms with Crippen LogP contribution in [0.5, 0.6) is 11.5 Å². The van der Waals surface area contributed by atoms with Gasteiger partial charge in [-0.15, -0.1) is 0 Å². The number of rotatable bonds is 7. The summed E-state index contributed by atoms with van der Waals surface area (Å²) in [5.41, 5.74) is 1.12. The molecule has 0 unspecified atom stereocenters. The van der Waals surface area contributed by atoms with Gasteiger partial charge in [0.1, 0.15) is 0 Å². The van der Waals surface area contributed by atoms with Crippen molar-refractivity contribution in [2.75, 3.05) is 46.1 Å². The quantitative estimate of drug-likeness (QED) is 0.636. The summed E-state index contributed by atoms with van der Waals surface area (Å²) in [4.78, 5) is 17.2. The molecule has 1 atom stereocenters. The highest BCUT2D eigenvalue weighted by atomic mass is 32.2. The lowest BCUT2D eigenvalue weighted by molar-refractivity contribution is 0.0432. The Morgan fingerprint density at radius 1 is 1.03 bits per heavy atom. The molecule has 10 heteroatoms. The van der Waals surface area contributed by atoms with Crippen LogP contribution in [0.3, 0.4) is 0 Å². The van der Waals surface area contributed by atoms with Crippen molar-refractivity contribution in [3.8, 4) is 11.5 Å². The van der Waals surface area contributed by atoms with E-state index in [1.165, 1.54) is 12.1 Å². The maximum absolute atomic E-state index is 13.1. The molecule has 34 heavy (non-hydrogen) atoms. The number of hydrogen-bond donors (Lipinski definition) is 1. The SMILES string of the molecule is O=C(c1cccc(S(=O)(=O)NCc2ccc3c(c2)OCO3)c1)N1CCN(C[C@H]2CCCO2)CC1. The highest BCUT2D eigenvalue weighted by Gasteiger charge is 2.26. The third kappa shape index (κ3) is 5.20. The summed E-state index contributed by atoms with van der Waals surface area (Å²) in [6.07, 6.45) is 2.52. The minimum atomic E-state index is -3.80. The van der Waals surface area contributed by atoms with Crippen LogP contribution in [-0.2, 0) is 21.3 Å². The summed E-state index contributed by atoms with van der Waals surface area (Å²) < 4.78 is 44.7. The van der Waals surface area contributed by atoms with Crippen molar-refractivity contribution in [1.29, 1.82) is 0 Å². The van der Waals surface area contributed by atoms with Gasteiger partial charge in [-0.2, -0.15) is 0 Å². The van der Waals surface area contributed by atoms with Gasteiger partial charge in [0, 0.05) is 51.4 Å². The first-order chi connectivity index (χ1) is 16.5. The summed E-state index contributed by atoms with van der Waals surface area (Å²) in [6.45, 7) is 4.83. The van der Waals surface area contributed by atoms with Crippen LogP contribution < -0.4 is 14.2 Å². The molecular weight excluding hydrogens is 458 g/mol. The molecule has 3 aliphatic heterocycles. The molecule has 2 aromatic rings. The summed E-state index contributed by atoms with van der Waals surface area (Å²) in [6, 6.07) is 11.5. The molecular formula is C24H29N3O6S. The molecule has 0 bridgehead atoms. The number of ether oxygens (including phenoxy) is 3. The van der Waals surface area contributed by atoms with Gasteiger partial charge in [-0.3, -0.25) is 9.69 Å². The number of hydrogen-bond acceptors (Lipinski definition) is 7. The van der Waals surface area contributed by atoms with E-state index in [0.29, 0.717) is 36.3 Å². The molecule has 3 aliphatic rings. The molecule has 3 heterocycles. The zero-order valence-corrected chi connectivity index (χ0v) is 19.8. The molecule has 5 rings (SSSR count). The fraction of sp³-hybridized carbons (Fsp3) is 0.458. The second kappa shape index (κ2) is 9.91. The number of nitrogens with zero attached hydrogens (tertiary/aromatic N) is 2. The second-order valence-corrected chi connectivity index (χ2v) is 10.5. The molecule has 2 fully saturated rings. The zero-order chi connectivity index (χ0) is 23.5. The van der Waals surface area contributed by atoms with Crippen molar-refractivity contribution >= 4 is 15.9 Å². The maximum atomic E-state index is 13.1. The molecule has 0 aromatic heterocycles. The van der Waals surface area contributed by atoms with E-state index in [9.17, 15) is 13.2 Å². The number of piperazine rings is 1. The van der Waals surface area contributed by atoms with Crippen molar-refractivity contribution in [1.82, 2.24) is 14.5 Å². The van der Waals surface area contributed by atoms with Gasteiger partial charge in [-0.25, -0.2) is 13.1 Å². The molecule has 0 spiro atoms. The third-order valence-corrected chi connectivity index (χ3v) is 7.84. The minimum absolute atomic E-state index is 0.0658. The zero-order valence-electron chi connectivity index (χ0n) is 18.9. The lowest BCUT2D eigenvalue weighted by Crippen LogP contribution is -2.50. The third-order valence-electron chi connectivity index (χ3n) is 6.44. The van der Waals surface area contributed by atoms with Crippen molar-refractivity contribution in [2.45, 2.75) is 30.4 Å². The van der Waals surface area contributed by atoms with Gasteiger partial charge in [0.05, 0.1) is 11.0 Å². The van der Waals surface area contributed by atoms with E-state index in [1.807, 2.05) is 0 Å². The average Bonchev–Trinajstić information content (AvgIpc) is 3.55. The summed E-state index contributed by atoms with van der Waals surface area (Å²) in [7, 11) is -3.80. The Labute approximate surface area is 199 Å². The first-order valence-electron chi connectivity index (χ1n) is 11.6. The van der Waals surface area contributed by atoms with Crippen molar-refractivity contribution in [2.24, 2.45) is 0 Å². The topological polar surface area (TPSA) is 97.4 Å². The van der Waals surface area contributed by atoms with Crippen LogP contribution in [0.15, 0.2) is 47.4 Å². The Balaban J connectivity index is 1.19. The van der Waals surface area contributed by atoms with Crippen LogP contribution in [-0.4, -0.2) is 76.4 Å². The van der Waals surface area contributed by atoms with E-state index < -0.39 is 10.0 Å². The minimum Gasteiger partial charge on any atom is -0.454 e. The summed E-state index contributed by atoms with van der Waals surface area (Å²) >= 11 is 0. The highest BCUT2D eigenvalue weighted by molar-refractivity contribution is 7.89. The maximum Gasteiger partial charge on any atom is 0.253 e. The van der Waals surface area contributed by atoms with Gasteiger partial charge in [0.2, 0.25) is 16.8 Å². The molecule has 1 amide bonds. The predicted octanol–water partition coefficient (Wildman–Crippen LogP) is 1.83. The Morgan fingerprint density at radius 3 is 2.65 bits per heavy atom. The molecule has 2 saturated heterocycles. The van der Waals surface area contributed by atoms with Crippen molar-refractivity contribution in [3.63, 3.8) is 0 Å². The molecule has 0 aliphatic carbocycles. The van der Waals surface area contributed by atoms with Crippen molar-refractivity contribution in [3.05, 3.63) is 53.6 Å². The van der Waals surface area contributed by atoms with E-state index in [0.717, 1.165) is 44.6 Å². The molecule has 9 nitrogen and oxygen atoms in total. The largest absolute Gasteiger partial charge is 0.454 e. The summed E-state index contributed by atoms with van der Waals surface area (Å²) in [5, 5.41) is 0. The summed E-state index contributed by atoms with van der Waals surface area (Å²) in [5.74, 6) is 1.09. The first kappa shape index (κ1) is 23.1. The molecule has 182 valence electrons. The second-order valence-electron chi connectivity index (χ2n) is 8.77. The number of fused-ring (bicyclic) bond motifs is 1. The van der Waals surface area contributed by atoms with Crippen LogP contribution in [0, 0.1) is 0 Å². The Hall–Kier alpha value is -2.66. The van der Waals surface area contributed by atoms with Gasteiger partial charge in [0.15, 0.2) is 11.5 Å². The highest BCUT2D eigenvalue weighted by Crippen LogP contribution is 2.32. The van der Waals surface area contributed by atoms with Crippen LogP contribution >= 0.6 is 0 Å². The number of nitrogens with one attached hydrogen (secondary N) is 1. The number of amides is 1. The van der Waals surface area contributed by atoms with Gasteiger partial charge in [-0.05, 0) is 48.7 Å². The van der Waals surface area contributed by atoms with E-state index in [4.69, 9.17) is 14.2 Å².